The van der Waals surface area contributed by atoms with E-state index in [4.69, 9.17) is 5.73 Å². The zero-order valence-corrected chi connectivity index (χ0v) is 19.4. The van der Waals surface area contributed by atoms with Gasteiger partial charge in [-0.25, -0.2) is 4.79 Å². The van der Waals surface area contributed by atoms with Crippen molar-refractivity contribution in [1.29, 1.82) is 0 Å². The molecule has 6 rings (SSSR count). The summed E-state index contributed by atoms with van der Waals surface area (Å²) in [6, 6.07) is 9.75. The van der Waals surface area contributed by atoms with Gasteiger partial charge in [-0.05, 0) is 37.1 Å². The maximum absolute atomic E-state index is 13.3. The van der Waals surface area contributed by atoms with Gasteiger partial charge in [0.15, 0.2) is 11.6 Å². The molecule has 0 radical (unpaired) electrons. The number of urea groups is 1. The van der Waals surface area contributed by atoms with Crippen LogP contribution in [0.3, 0.4) is 0 Å². The SMILES string of the molecule is CC1=CC(=O)C2=C(C[C@@H]3C(=CC[C@@H]4C(=O)N(C(N)=O)C(=O)[C@@H]43)[C@@H]2c2ccc3ccccc3c2O)C1=O. The standard InChI is InChI=1S/C28H22N2O6/c1-12-10-20(31)23-19(24(12)32)11-18-15(8-9-17-22(18)27(35)30(26(17)34)28(29)36)21(23)16-7-6-13-4-2-3-5-14(13)25(16)33/h2-8,10,17-18,21-22,33H,9,11H2,1H3,(H2,29,36)/t17-,18+,21+,22-/m0/s1. The van der Waals surface area contributed by atoms with Gasteiger partial charge >= 0.3 is 6.03 Å². The fraction of sp³-hybridized carbons (Fsp3) is 0.250. The number of ketones is 2. The van der Waals surface area contributed by atoms with Crippen molar-refractivity contribution in [3.63, 3.8) is 0 Å². The average Bonchev–Trinajstić information content (AvgIpc) is 3.12. The number of phenols is 1. The molecular weight excluding hydrogens is 460 g/mol. The lowest BCUT2D eigenvalue weighted by atomic mass is 9.59. The van der Waals surface area contributed by atoms with Crippen LogP contribution >= 0.6 is 0 Å². The second-order valence-electron chi connectivity index (χ2n) is 9.80. The molecule has 2 aromatic rings. The summed E-state index contributed by atoms with van der Waals surface area (Å²) in [6.45, 7) is 1.57. The van der Waals surface area contributed by atoms with Crippen LogP contribution in [0.5, 0.6) is 5.75 Å². The van der Waals surface area contributed by atoms with Crippen molar-refractivity contribution in [3.05, 3.63) is 76.4 Å². The maximum atomic E-state index is 13.3. The zero-order chi connectivity index (χ0) is 25.5. The van der Waals surface area contributed by atoms with Gasteiger partial charge in [-0.1, -0.05) is 48.0 Å². The van der Waals surface area contributed by atoms with Crippen molar-refractivity contribution in [2.75, 3.05) is 0 Å². The van der Waals surface area contributed by atoms with E-state index < -0.39 is 41.5 Å². The highest BCUT2D eigenvalue weighted by molar-refractivity contribution is 6.24. The number of phenolic OH excluding ortho intramolecular Hbond substituents is 1. The van der Waals surface area contributed by atoms with Crippen LogP contribution in [-0.4, -0.2) is 39.4 Å². The molecule has 36 heavy (non-hydrogen) atoms. The van der Waals surface area contributed by atoms with Crippen molar-refractivity contribution in [3.8, 4) is 5.75 Å². The van der Waals surface area contributed by atoms with Gasteiger partial charge in [0.05, 0.1) is 11.8 Å². The number of fused-ring (bicyclic) bond motifs is 4. The molecule has 0 bridgehead atoms. The van der Waals surface area contributed by atoms with Crippen LogP contribution in [0.15, 0.2) is 70.8 Å². The van der Waals surface area contributed by atoms with Gasteiger partial charge in [0.25, 0.3) is 0 Å². The monoisotopic (exact) mass is 482 g/mol. The first-order chi connectivity index (χ1) is 17.2. The first-order valence-electron chi connectivity index (χ1n) is 11.8. The lowest BCUT2D eigenvalue weighted by Gasteiger charge is -2.42. The van der Waals surface area contributed by atoms with Crippen LogP contribution in [0.1, 0.15) is 31.2 Å². The molecule has 4 atom stereocenters. The number of carbonyl (C=O) groups is 5. The van der Waals surface area contributed by atoms with Crippen LogP contribution in [0.2, 0.25) is 0 Å². The molecule has 2 aromatic carbocycles. The number of carbonyl (C=O) groups excluding carboxylic acids is 5. The van der Waals surface area contributed by atoms with Gasteiger partial charge in [0, 0.05) is 33.6 Å². The minimum atomic E-state index is -1.12. The van der Waals surface area contributed by atoms with Gasteiger partial charge in [0.1, 0.15) is 5.75 Å². The molecule has 1 heterocycles. The summed E-state index contributed by atoms with van der Waals surface area (Å²) in [6.07, 6.45) is 3.43. The Bertz CT molecular complexity index is 1540. The fourth-order valence-electron chi connectivity index (χ4n) is 6.46. The smallest absolute Gasteiger partial charge is 0.328 e. The Morgan fingerprint density at radius 2 is 1.78 bits per heavy atom. The maximum Gasteiger partial charge on any atom is 0.328 e. The van der Waals surface area contributed by atoms with E-state index in [0.29, 0.717) is 32.6 Å². The number of primary amides is 1. The molecule has 0 unspecified atom stereocenters. The Kier molecular flexibility index (Phi) is 4.67. The van der Waals surface area contributed by atoms with Crippen LogP contribution in [0.4, 0.5) is 4.79 Å². The van der Waals surface area contributed by atoms with Crippen LogP contribution < -0.4 is 5.73 Å². The molecule has 0 spiro atoms. The van der Waals surface area contributed by atoms with Crippen LogP contribution in [-0.2, 0) is 19.2 Å². The number of rotatable bonds is 1. The summed E-state index contributed by atoms with van der Waals surface area (Å²) in [5.41, 5.74) is 7.37. The highest BCUT2D eigenvalue weighted by atomic mass is 16.3. The topological polar surface area (TPSA) is 135 Å². The lowest BCUT2D eigenvalue weighted by molar-refractivity contribution is -0.136. The van der Waals surface area contributed by atoms with Gasteiger partial charge in [-0.3, -0.25) is 19.2 Å². The molecule has 1 fully saturated rings. The van der Waals surface area contributed by atoms with Gasteiger partial charge in [0.2, 0.25) is 11.8 Å². The minimum Gasteiger partial charge on any atom is -0.507 e. The van der Waals surface area contributed by atoms with E-state index in [2.05, 4.69) is 0 Å². The Labute approximate surface area is 205 Å². The number of hydrogen-bond acceptors (Lipinski definition) is 6. The van der Waals surface area contributed by atoms with Crippen LogP contribution in [0, 0.1) is 17.8 Å². The molecule has 3 aliphatic carbocycles. The van der Waals surface area contributed by atoms with Crippen molar-refractivity contribution >= 4 is 40.2 Å². The zero-order valence-electron chi connectivity index (χ0n) is 19.4. The predicted molar refractivity (Wildman–Crippen MR) is 128 cm³/mol. The van der Waals surface area contributed by atoms with E-state index in [0.717, 1.165) is 5.39 Å². The summed E-state index contributed by atoms with van der Waals surface area (Å²) >= 11 is 0. The normalized spacial score (nSPS) is 27.5. The van der Waals surface area contributed by atoms with E-state index in [1.165, 1.54) is 6.08 Å². The van der Waals surface area contributed by atoms with E-state index in [1.807, 2.05) is 24.3 Å². The number of benzene rings is 2. The van der Waals surface area contributed by atoms with E-state index >= 15 is 0 Å². The molecule has 8 nitrogen and oxygen atoms in total. The molecule has 8 heteroatoms. The van der Waals surface area contributed by atoms with Crippen LogP contribution in [0.25, 0.3) is 10.8 Å². The number of amides is 4. The van der Waals surface area contributed by atoms with Crippen molar-refractivity contribution in [2.45, 2.75) is 25.7 Å². The largest absolute Gasteiger partial charge is 0.507 e. The number of nitrogens with two attached hydrogens (primary N) is 1. The summed E-state index contributed by atoms with van der Waals surface area (Å²) in [4.78, 5) is 65.1. The number of allylic oxidation sites excluding steroid dienone is 6. The summed E-state index contributed by atoms with van der Waals surface area (Å²) in [7, 11) is 0. The molecule has 1 saturated heterocycles. The molecule has 0 aromatic heterocycles. The van der Waals surface area contributed by atoms with Crippen molar-refractivity contribution < 1.29 is 29.1 Å². The second-order valence-corrected chi connectivity index (χ2v) is 9.80. The third-order valence-corrected chi connectivity index (χ3v) is 8.03. The van der Waals surface area contributed by atoms with Crippen molar-refractivity contribution in [2.24, 2.45) is 23.5 Å². The van der Waals surface area contributed by atoms with Gasteiger partial charge in [-0.2, -0.15) is 4.90 Å². The molecule has 3 N–H and O–H groups in total. The quantitative estimate of drug-likeness (QED) is 0.364. The Balaban J connectivity index is 1.58. The number of Topliss-reactive ketones (excluding diaryl/α,β-unsaturated/α-hetero) is 1. The van der Waals surface area contributed by atoms with Crippen molar-refractivity contribution in [1.82, 2.24) is 4.90 Å². The second kappa shape index (κ2) is 7.58. The number of hydrogen-bond donors (Lipinski definition) is 2. The highest BCUT2D eigenvalue weighted by Crippen LogP contribution is 2.56. The molecular formula is C28H22N2O6. The Morgan fingerprint density at radius 1 is 1.03 bits per heavy atom. The lowest BCUT2D eigenvalue weighted by Crippen LogP contribution is -2.42. The number of likely N-dealkylation sites (tertiary alicyclic amines) is 1. The molecule has 180 valence electrons. The minimum absolute atomic E-state index is 0.00673. The molecule has 0 saturated carbocycles. The number of imide groups is 3. The number of nitrogens with zero attached hydrogens (tertiary/aromatic N) is 1. The molecule has 4 amide bonds. The molecule has 4 aliphatic rings. The van der Waals surface area contributed by atoms with Gasteiger partial charge < -0.3 is 10.8 Å². The summed E-state index contributed by atoms with van der Waals surface area (Å²) in [5, 5.41) is 12.7. The van der Waals surface area contributed by atoms with E-state index in [9.17, 15) is 29.1 Å². The first-order valence-corrected chi connectivity index (χ1v) is 11.8. The third kappa shape index (κ3) is 2.84. The Morgan fingerprint density at radius 3 is 2.53 bits per heavy atom. The molecule has 1 aliphatic heterocycles. The van der Waals surface area contributed by atoms with E-state index in [-0.39, 0.29) is 35.7 Å². The number of aromatic hydroxyl groups is 1. The first kappa shape index (κ1) is 22.2. The predicted octanol–water partition coefficient (Wildman–Crippen LogP) is 3.05. The third-order valence-electron chi connectivity index (χ3n) is 8.03. The Hall–Kier alpha value is -4.33. The summed E-state index contributed by atoms with van der Waals surface area (Å²) in [5.74, 6) is -4.94. The fourth-order valence-corrected chi connectivity index (χ4v) is 6.46. The average molecular weight is 482 g/mol. The van der Waals surface area contributed by atoms with E-state index in [1.54, 1.807) is 25.1 Å². The summed E-state index contributed by atoms with van der Waals surface area (Å²) < 4.78 is 0. The highest BCUT2D eigenvalue weighted by Gasteiger charge is 2.57. The van der Waals surface area contributed by atoms with Gasteiger partial charge in [-0.15, -0.1) is 0 Å².